The van der Waals surface area contributed by atoms with Gasteiger partial charge in [-0.05, 0) is 31.2 Å². The van der Waals surface area contributed by atoms with Crippen LogP contribution in [0.2, 0.25) is 0 Å². The number of hydrogen-bond donors (Lipinski definition) is 0. The maximum absolute atomic E-state index is 13.0. The number of rotatable bonds is 4. The Morgan fingerprint density at radius 3 is 2.55 bits per heavy atom. The summed E-state index contributed by atoms with van der Waals surface area (Å²) in [4.78, 5) is 4.54. The zero-order chi connectivity index (χ0) is 22.0. The molecule has 4 aromatic rings. The third-order valence-electron chi connectivity index (χ3n) is 4.59. The molecule has 0 saturated carbocycles. The molecule has 7 heteroatoms. The lowest BCUT2D eigenvalue weighted by atomic mass is 10.1. The summed E-state index contributed by atoms with van der Waals surface area (Å²) in [5, 5.41) is 12.0. The first-order valence-corrected chi connectivity index (χ1v) is 10.1. The van der Waals surface area contributed by atoms with Crippen molar-refractivity contribution in [2.24, 2.45) is 0 Å². The molecule has 0 aliphatic carbocycles. The lowest BCUT2D eigenvalue weighted by Crippen LogP contribution is -2.04. The molecule has 31 heavy (non-hydrogen) atoms. The van der Waals surface area contributed by atoms with Crippen LogP contribution in [-0.4, -0.2) is 4.98 Å². The molecule has 0 saturated heterocycles. The average molecular weight is 436 g/mol. The molecule has 2 aromatic heterocycles. The van der Waals surface area contributed by atoms with Gasteiger partial charge in [0.2, 0.25) is 0 Å². The minimum absolute atomic E-state index is 0.286. The number of aryl methyl sites for hydroxylation is 1. The van der Waals surface area contributed by atoms with E-state index in [1.807, 2.05) is 36.6 Å². The number of nitrogens with zero attached hydrogens (tertiary/aromatic N) is 2. The molecule has 2 aromatic carbocycles. The molecule has 0 aliphatic heterocycles. The molecule has 0 atom stereocenters. The van der Waals surface area contributed by atoms with Crippen molar-refractivity contribution in [2.45, 2.75) is 13.1 Å². The lowest BCUT2D eigenvalue weighted by Gasteiger charge is -2.07. The standard InChI is InChI=1S/C24H15F3N2OS/c1-15-5-7-16(8-6-15)21-14-31-23(29-21)18(13-28)12-20-9-10-22(30-20)17-3-2-4-19(11-17)24(25,26)27/h2-12,14H,1H3/b18-12+. The molecule has 2 heterocycles. The molecular formula is C24H15F3N2OS. The number of allylic oxidation sites excluding steroid dienone is 1. The number of nitriles is 1. The summed E-state index contributed by atoms with van der Waals surface area (Å²) < 4.78 is 44.5. The maximum Gasteiger partial charge on any atom is 0.416 e. The highest BCUT2D eigenvalue weighted by Crippen LogP contribution is 2.33. The molecule has 0 amide bonds. The van der Waals surface area contributed by atoms with E-state index in [4.69, 9.17) is 4.42 Å². The highest BCUT2D eigenvalue weighted by molar-refractivity contribution is 7.11. The van der Waals surface area contributed by atoms with E-state index in [1.54, 1.807) is 18.2 Å². The summed E-state index contributed by atoms with van der Waals surface area (Å²) in [6.45, 7) is 2.00. The number of thiazole rings is 1. The maximum atomic E-state index is 13.0. The van der Waals surface area contributed by atoms with Gasteiger partial charge in [0, 0.05) is 22.6 Å². The first-order chi connectivity index (χ1) is 14.8. The van der Waals surface area contributed by atoms with Crippen LogP contribution in [0.3, 0.4) is 0 Å². The average Bonchev–Trinajstić information content (AvgIpc) is 3.42. The van der Waals surface area contributed by atoms with Crippen LogP contribution < -0.4 is 0 Å². The van der Waals surface area contributed by atoms with E-state index in [0.717, 1.165) is 29.0 Å². The van der Waals surface area contributed by atoms with E-state index in [-0.39, 0.29) is 5.76 Å². The Labute approximate surface area is 180 Å². The third kappa shape index (κ3) is 4.60. The van der Waals surface area contributed by atoms with Gasteiger partial charge in [0.05, 0.1) is 16.8 Å². The van der Waals surface area contributed by atoms with Crippen molar-refractivity contribution in [3.8, 4) is 28.7 Å². The summed E-state index contributed by atoms with van der Waals surface area (Å²) in [7, 11) is 0. The molecule has 0 bridgehead atoms. The molecule has 0 spiro atoms. The number of furan rings is 1. The Bertz CT molecular complexity index is 1290. The lowest BCUT2D eigenvalue weighted by molar-refractivity contribution is -0.137. The van der Waals surface area contributed by atoms with Gasteiger partial charge in [-0.1, -0.05) is 42.0 Å². The van der Waals surface area contributed by atoms with E-state index in [0.29, 0.717) is 21.9 Å². The molecule has 0 aliphatic rings. The van der Waals surface area contributed by atoms with Gasteiger partial charge in [-0.15, -0.1) is 11.3 Å². The minimum Gasteiger partial charge on any atom is -0.457 e. The predicted molar refractivity (Wildman–Crippen MR) is 115 cm³/mol. The van der Waals surface area contributed by atoms with Crippen molar-refractivity contribution in [3.05, 3.63) is 87.9 Å². The van der Waals surface area contributed by atoms with Crippen molar-refractivity contribution in [2.75, 3.05) is 0 Å². The Balaban J connectivity index is 1.61. The second-order valence-corrected chi connectivity index (χ2v) is 7.71. The van der Waals surface area contributed by atoms with Gasteiger partial charge in [-0.25, -0.2) is 4.98 Å². The molecule has 154 valence electrons. The number of alkyl halides is 3. The normalized spacial score (nSPS) is 12.0. The van der Waals surface area contributed by atoms with Crippen LogP contribution in [0.15, 0.2) is 70.5 Å². The first-order valence-electron chi connectivity index (χ1n) is 9.26. The van der Waals surface area contributed by atoms with E-state index < -0.39 is 11.7 Å². The summed E-state index contributed by atoms with van der Waals surface area (Å²) in [6.07, 6.45) is -2.89. The monoisotopic (exact) mass is 436 g/mol. The zero-order valence-electron chi connectivity index (χ0n) is 16.3. The molecule has 0 fully saturated rings. The molecule has 0 unspecified atom stereocenters. The second-order valence-electron chi connectivity index (χ2n) is 6.85. The van der Waals surface area contributed by atoms with Gasteiger partial charge >= 0.3 is 6.18 Å². The third-order valence-corrected chi connectivity index (χ3v) is 5.47. The van der Waals surface area contributed by atoms with E-state index in [1.165, 1.54) is 23.5 Å². The van der Waals surface area contributed by atoms with E-state index in [9.17, 15) is 18.4 Å². The molecule has 0 radical (unpaired) electrons. The summed E-state index contributed by atoms with van der Waals surface area (Å²) >= 11 is 1.34. The van der Waals surface area contributed by atoms with Gasteiger partial charge in [0.15, 0.2) is 0 Å². The Kier molecular flexibility index (Phi) is 5.49. The van der Waals surface area contributed by atoms with Gasteiger partial charge in [0.25, 0.3) is 0 Å². The number of halogens is 3. The highest BCUT2D eigenvalue weighted by atomic mass is 32.1. The van der Waals surface area contributed by atoms with Crippen LogP contribution in [0, 0.1) is 18.3 Å². The first kappa shape index (κ1) is 20.6. The molecular weight excluding hydrogens is 421 g/mol. The van der Waals surface area contributed by atoms with Crippen LogP contribution in [0.5, 0.6) is 0 Å². The fraction of sp³-hybridized carbons (Fsp3) is 0.0833. The number of aromatic nitrogens is 1. The molecule has 4 rings (SSSR count). The molecule has 3 nitrogen and oxygen atoms in total. The zero-order valence-corrected chi connectivity index (χ0v) is 17.1. The number of benzene rings is 2. The highest BCUT2D eigenvalue weighted by Gasteiger charge is 2.30. The van der Waals surface area contributed by atoms with Crippen LogP contribution >= 0.6 is 11.3 Å². The number of hydrogen-bond acceptors (Lipinski definition) is 4. The van der Waals surface area contributed by atoms with Crippen LogP contribution in [0.4, 0.5) is 13.2 Å². The molecule has 0 N–H and O–H groups in total. The summed E-state index contributed by atoms with van der Waals surface area (Å²) in [5.74, 6) is 0.644. The predicted octanol–water partition coefficient (Wildman–Crippen LogP) is 7.46. The Morgan fingerprint density at radius 2 is 1.84 bits per heavy atom. The summed E-state index contributed by atoms with van der Waals surface area (Å²) in [6, 6.07) is 18.2. The van der Waals surface area contributed by atoms with Gasteiger partial charge in [0.1, 0.15) is 22.6 Å². The Morgan fingerprint density at radius 1 is 1.06 bits per heavy atom. The van der Waals surface area contributed by atoms with Crippen LogP contribution in [0.25, 0.3) is 34.2 Å². The van der Waals surface area contributed by atoms with Crippen molar-refractivity contribution in [1.82, 2.24) is 4.98 Å². The van der Waals surface area contributed by atoms with Crippen LogP contribution in [0.1, 0.15) is 21.9 Å². The second kappa shape index (κ2) is 8.25. The minimum atomic E-state index is -4.43. The SMILES string of the molecule is Cc1ccc(-c2csc(/C(C#N)=C/c3ccc(-c4cccc(C(F)(F)F)c4)o3)n2)cc1. The van der Waals surface area contributed by atoms with Gasteiger partial charge in [-0.2, -0.15) is 18.4 Å². The van der Waals surface area contributed by atoms with E-state index in [2.05, 4.69) is 11.1 Å². The van der Waals surface area contributed by atoms with Crippen molar-refractivity contribution in [3.63, 3.8) is 0 Å². The quantitative estimate of drug-likeness (QED) is 0.312. The smallest absolute Gasteiger partial charge is 0.416 e. The van der Waals surface area contributed by atoms with E-state index >= 15 is 0 Å². The van der Waals surface area contributed by atoms with Crippen molar-refractivity contribution >= 4 is 23.0 Å². The van der Waals surface area contributed by atoms with Crippen LogP contribution in [-0.2, 0) is 6.18 Å². The Hall–Kier alpha value is -3.63. The summed E-state index contributed by atoms with van der Waals surface area (Å²) in [5.41, 5.74) is 2.74. The topological polar surface area (TPSA) is 49.8 Å². The largest absolute Gasteiger partial charge is 0.457 e. The fourth-order valence-electron chi connectivity index (χ4n) is 2.97. The van der Waals surface area contributed by atoms with Crippen molar-refractivity contribution < 1.29 is 17.6 Å². The van der Waals surface area contributed by atoms with Crippen molar-refractivity contribution in [1.29, 1.82) is 5.26 Å². The fourth-order valence-corrected chi connectivity index (χ4v) is 3.77. The van der Waals surface area contributed by atoms with Gasteiger partial charge < -0.3 is 4.42 Å². The van der Waals surface area contributed by atoms with Gasteiger partial charge in [-0.3, -0.25) is 0 Å².